The second kappa shape index (κ2) is 7.55. The number of rotatable bonds is 7. The number of nitrogens with one attached hydrogen (secondary N) is 1. The van der Waals surface area contributed by atoms with Crippen LogP contribution in [0.5, 0.6) is 0 Å². The fraction of sp³-hybridized carbons (Fsp3) is 0.636. The first-order valence-electron chi connectivity index (χ1n) is 5.39. The van der Waals surface area contributed by atoms with Gasteiger partial charge in [0.15, 0.2) is 5.13 Å². The Morgan fingerprint density at radius 1 is 1.71 bits per heavy atom. The van der Waals surface area contributed by atoms with E-state index in [1.807, 2.05) is 17.1 Å². The molecule has 1 N–H and O–H groups in total. The number of carbonyl (C=O) groups is 1. The highest BCUT2D eigenvalue weighted by Gasteiger charge is 2.08. The summed E-state index contributed by atoms with van der Waals surface area (Å²) in [5.41, 5.74) is 0.766. The van der Waals surface area contributed by atoms with Gasteiger partial charge in [-0.3, -0.25) is 4.79 Å². The smallest absolute Gasteiger partial charge is 0.311 e. The van der Waals surface area contributed by atoms with E-state index in [9.17, 15) is 4.79 Å². The van der Waals surface area contributed by atoms with Crippen LogP contribution in [0, 0.1) is 5.92 Å². The fourth-order valence-corrected chi connectivity index (χ4v) is 2.70. The van der Waals surface area contributed by atoms with Crippen LogP contribution in [-0.4, -0.2) is 36.6 Å². The van der Waals surface area contributed by atoms with E-state index in [1.165, 1.54) is 18.4 Å². The second-order valence-electron chi connectivity index (χ2n) is 3.84. The highest BCUT2D eigenvalue weighted by Crippen LogP contribution is 2.17. The molecule has 0 aliphatic heterocycles. The third-order valence-corrected chi connectivity index (χ3v) is 3.91. The van der Waals surface area contributed by atoms with E-state index in [-0.39, 0.29) is 12.4 Å². The molecule has 4 nitrogen and oxygen atoms in total. The van der Waals surface area contributed by atoms with Crippen LogP contribution in [0.25, 0.3) is 0 Å². The lowest BCUT2D eigenvalue weighted by Gasteiger charge is -2.09. The van der Waals surface area contributed by atoms with E-state index in [1.54, 1.807) is 0 Å². The van der Waals surface area contributed by atoms with Crippen LogP contribution in [0.3, 0.4) is 0 Å². The van der Waals surface area contributed by atoms with Crippen molar-refractivity contribution < 1.29 is 9.53 Å². The monoisotopic (exact) mass is 274 g/mol. The molecule has 1 heterocycles. The average Bonchev–Trinajstić information content (AvgIpc) is 2.74. The Hall–Kier alpha value is -0.750. The van der Waals surface area contributed by atoms with Crippen LogP contribution in [0.2, 0.25) is 0 Å². The van der Waals surface area contributed by atoms with E-state index in [2.05, 4.69) is 28.2 Å². The SMILES string of the molecule is COC(=O)Cc1csc(NCC(C)CSC)n1. The Balaban J connectivity index is 2.37. The molecule has 0 amide bonds. The van der Waals surface area contributed by atoms with Gasteiger partial charge in [0.05, 0.1) is 19.2 Å². The molecule has 6 heteroatoms. The van der Waals surface area contributed by atoms with Gasteiger partial charge in [0.1, 0.15) is 0 Å². The van der Waals surface area contributed by atoms with Gasteiger partial charge < -0.3 is 10.1 Å². The van der Waals surface area contributed by atoms with Crippen molar-refractivity contribution in [2.75, 3.05) is 31.0 Å². The van der Waals surface area contributed by atoms with Gasteiger partial charge in [0.25, 0.3) is 0 Å². The van der Waals surface area contributed by atoms with Crippen LogP contribution >= 0.6 is 23.1 Å². The zero-order chi connectivity index (χ0) is 12.7. The number of hydrogen-bond donors (Lipinski definition) is 1. The summed E-state index contributed by atoms with van der Waals surface area (Å²) in [7, 11) is 1.39. The number of ether oxygens (including phenoxy) is 1. The minimum atomic E-state index is -0.252. The van der Waals surface area contributed by atoms with Crippen molar-refractivity contribution in [2.24, 2.45) is 5.92 Å². The van der Waals surface area contributed by atoms with Gasteiger partial charge in [-0.25, -0.2) is 4.98 Å². The summed E-state index contributed by atoms with van der Waals surface area (Å²) < 4.78 is 4.60. The molecule has 0 saturated heterocycles. The predicted octanol–water partition coefficient (Wildman–Crippen LogP) is 2.27. The standard InChI is InChI=1S/C11H18N2O2S2/c1-8(6-16-3)5-12-11-13-9(7-17-11)4-10(14)15-2/h7-8H,4-6H2,1-3H3,(H,12,13). The van der Waals surface area contributed by atoms with E-state index in [0.29, 0.717) is 5.92 Å². The first kappa shape index (κ1) is 14.3. The molecule has 1 aromatic rings. The maximum absolute atomic E-state index is 11.1. The summed E-state index contributed by atoms with van der Waals surface area (Å²) in [6.07, 6.45) is 2.35. The van der Waals surface area contributed by atoms with Crippen molar-refractivity contribution >= 4 is 34.2 Å². The molecule has 1 atom stereocenters. The van der Waals surface area contributed by atoms with Gasteiger partial charge in [-0.05, 0) is 17.9 Å². The number of anilines is 1. The zero-order valence-corrected chi connectivity index (χ0v) is 12.0. The lowest BCUT2D eigenvalue weighted by Crippen LogP contribution is -2.13. The lowest BCUT2D eigenvalue weighted by atomic mass is 10.2. The van der Waals surface area contributed by atoms with Gasteiger partial charge in [0.2, 0.25) is 0 Å². The second-order valence-corrected chi connectivity index (χ2v) is 5.61. The molecule has 1 rings (SSSR count). The zero-order valence-electron chi connectivity index (χ0n) is 10.4. The third kappa shape index (κ3) is 5.41. The molecular weight excluding hydrogens is 256 g/mol. The molecular formula is C11H18N2O2S2. The molecule has 0 aromatic carbocycles. The van der Waals surface area contributed by atoms with Gasteiger partial charge >= 0.3 is 5.97 Å². The Labute approximate surface area is 110 Å². The topological polar surface area (TPSA) is 51.2 Å². The Kier molecular flexibility index (Phi) is 6.36. The summed E-state index contributed by atoms with van der Waals surface area (Å²) in [6, 6.07) is 0. The number of esters is 1. The maximum atomic E-state index is 11.1. The van der Waals surface area contributed by atoms with Crippen LogP contribution in [-0.2, 0) is 16.0 Å². The Bertz CT molecular complexity index is 355. The summed E-state index contributed by atoms with van der Waals surface area (Å²) >= 11 is 3.37. The lowest BCUT2D eigenvalue weighted by molar-refractivity contribution is -0.139. The summed E-state index contributed by atoms with van der Waals surface area (Å²) in [4.78, 5) is 15.4. The Morgan fingerprint density at radius 3 is 3.12 bits per heavy atom. The van der Waals surface area contributed by atoms with Crippen LogP contribution < -0.4 is 5.32 Å². The summed E-state index contributed by atoms with van der Waals surface area (Å²) in [5.74, 6) is 1.49. The quantitative estimate of drug-likeness (QED) is 0.773. The van der Waals surface area contributed by atoms with Crippen molar-refractivity contribution in [1.82, 2.24) is 4.98 Å². The molecule has 96 valence electrons. The number of aromatic nitrogens is 1. The first-order chi connectivity index (χ1) is 8.15. The minimum absolute atomic E-state index is 0.245. The Morgan fingerprint density at radius 2 is 2.47 bits per heavy atom. The number of methoxy groups -OCH3 is 1. The number of hydrogen-bond acceptors (Lipinski definition) is 6. The van der Waals surface area contributed by atoms with Crippen molar-refractivity contribution in [3.63, 3.8) is 0 Å². The van der Waals surface area contributed by atoms with Crippen LogP contribution in [0.1, 0.15) is 12.6 Å². The first-order valence-corrected chi connectivity index (χ1v) is 7.67. The molecule has 0 aliphatic carbocycles. The molecule has 0 radical (unpaired) electrons. The fourth-order valence-electron chi connectivity index (χ4n) is 1.29. The van der Waals surface area contributed by atoms with Crippen molar-refractivity contribution in [3.8, 4) is 0 Å². The van der Waals surface area contributed by atoms with Gasteiger partial charge in [-0.1, -0.05) is 6.92 Å². The van der Waals surface area contributed by atoms with E-state index in [4.69, 9.17) is 0 Å². The van der Waals surface area contributed by atoms with Crippen molar-refractivity contribution in [2.45, 2.75) is 13.3 Å². The molecule has 0 fully saturated rings. The number of carbonyl (C=O) groups excluding carboxylic acids is 1. The van der Waals surface area contributed by atoms with Crippen LogP contribution in [0.15, 0.2) is 5.38 Å². The summed E-state index contributed by atoms with van der Waals surface area (Å²) in [5, 5.41) is 6.04. The van der Waals surface area contributed by atoms with Gasteiger partial charge in [-0.15, -0.1) is 11.3 Å². The van der Waals surface area contributed by atoms with Crippen molar-refractivity contribution in [3.05, 3.63) is 11.1 Å². The predicted molar refractivity (Wildman–Crippen MR) is 73.9 cm³/mol. The maximum Gasteiger partial charge on any atom is 0.311 e. The highest BCUT2D eigenvalue weighted by atomic mass is 32.2. The molecule has 0 bridgehead atoms. The van der Waals surface area contributed by atoms with Crippen LogP contribution in [0.4, 0.5) is 5.13 Å². The number of thioether (sulfide) groups is 1. The van der Waals surface area contributed by atoms with E-state index in [0.717, 1.165) is 23.1 Å². The molecule has 17 heavy (non-hydrogen) atoms. The van der Waals surface area contributed by atoms with E-state index >= 15 is 0 Å². The third-order valence-electron chi connectivity index (χ3n) is 2.16. The number of nitrogens with zero attached hydrogens (tertiary/aromatic N) is 1. The summed E-state index contributed by atoms with van der Waals surface area (Å²) in [6.45, 7) is 3.11. The largest absolute Gasteiger partial charge is 0.469 e. The molecule has 0 saturated carbocycles. The molecule has 1 unspecified atom stereocenters. The highest BCUT2D eigenvalue weighted by molar-refractivity contribution is 7.98. The molecule has 0 aliphatic rings. The van der Waals surface area contributed by atoms with E-state index < -0.39 is 0 Å². The minimum Gasteiger partial charge on any atom is -0.469 e. The van der Waals surface area contributed by atoms with Gasteiger partial charge in [-0.2, -0.15) is 11.8 Å². The average molecular weight is 274 g/mol. The number of thiazole rings is 1. The molecule has 1 aromatic heterocycles. The normalized spacial score (nSPS) is 12.2. The van der Waals surface area contributed by atoms with Crippen molar-refractivity contribution in [1.29, 1.82) is 0 Å². The van der Waals surface area contributed by atoms with Gasteiger partial charge in [0, 0.05) is 11.9 Å². The molecule has 0 spiro atoms.